The topological polar surface area (TPSA) is 24.9 Å². The van der Waals surface area contributed by atoms with Crippen LogP contribution in [0.25, 0.3) is 0 Å². The third-order valence-electron chi connectivity index (χ3n) is 5.90. The first kappa shape index (κ1) is 26.4. The number of halogens is 7. The van der Waals surface area contributed by atoms with Gasteiger partial charge in [0.15, 0.2) is 0 Å². The number of para-hydroxylation sites is 2. The summed E-state index contributed by atoms with van der Waals surface area (Å²) in [7, 11) is 0. The lowest BCUT2D eigenvalue weighted by molar-refractivity contribution is -0.132. The third-order valence-corrected chi connectivity index (χ3v) is 5.90. The van der Waals surface area contributed by atoms with Crippen molar-refractivity contribution in [3.8, 4) is 11.5 Å². The molecule has 37 heavy (non-hydrogen) atoms. The summed E-state index contributed by atoms with van der Waals surface area (Å²) in [5.41, 5.74) is 2.32. The Bertz CT molecular complexity index is 1190. The summed E-state index contributed by atoms with van der Waals surface area (Å²) in [4.78, 5) is 3.52. The SMILES string of the molecule is FC(F)Oc1cccc(CN2CC(c3cccc(OC(F)F)c3)N(CCC(F)(F)F)c3ccccc32)c1. The Morgan fingerprint density at radius 2 is 1.41 bits per heavy atom. The molecule has 0 saturated heterocycles. The highest BCUT2D eigenvalue weighted by Gasteiger charge is 2.35. The van der Waals surface area contributed by atoms with Crippen molar-refractivity contribution in [1.82, 2.24) is 0 Å². The van der Waals surface area contributed by atoms with E-state index in [2.05, 4.69) is 9.47 Å². The molecule has 0 radical (unpaired) electrons. The fourth-order valence-electron chi connectivity index (χ4n) is 4.44. The molecule has 1 unspecified atom stereocenters. The smallest absolute Gasteiger partial charge is 0.390 e. The number of rotatable bonds is 9. The number of hydrogen-bond donors (Lipinski definition) is 0. The Morgan fingerprint density at radius 1 is 0.784 bits per heavy atom. The average molecular weight is 528 g/mol. The van der Waals surface area contributed by atoms with E-state index in [0.29, 0.717) is 22.5 Å². The Hall–Kier alpha value is -3.63. The van der Waals surface area contributed by atoms with Gasteiger partial charge in [0.05, 0.1) is 23.8 Å². The summed E-state index contributed by atoms with van der Waals surface area (Å²) in [6.45, 7) is -5.94. The van der Waals surface area contributed by atoms with Crippen molar-refractivity contribution in [3.05, 3.63) is 83.9 Å². The van der Waals surface area contributed by atoms with Crippen LogP contribution in [0.3, 0.4) is 0 Å². The van der Waals surface area contributed by atoms with Crippen molar-refractivity contribution in [2.75, 3.05) is 22.9 Å². The molecule has 4 rings (SSSR count). The van der Waals surface area contributed by atoms with E-state index in [-0.39, 0.29) is 31.1 Å². The Morgan fingerprint density at radius 3 is 2.05 bits per heavy atom. The zero-order chi connectivity index (χ0) is 26.6. The van der Waals surface area contributed by atoms with Gasteiger partial charge >= 0.3 is 19.4 Å². The van der Waals surface area contributed by atoms with E-state index in [9.17, 15) is 30.7 Å². The Labute approximate surface area is 208 Å². The second-order valence-electron chi connectivity index (χ2n) is 8.42. The van der Waals surface area contributed by atoms with Crippen molar-refractivity contribution in [2.24, 2.45) is 0 Å². The third kappa shape index (κ3) is 6.99. The molecule has 1 heterocycles. The van der Waals surface area contributed by atoms with Crippen LogP contribution < -0.4 is 19.3 Å². The highest BCUT2D eigenvalue weighted by molar-refractivity contribution is 5.74. The van der Waals surface area contributed by atoms with Gasteiger partial charge in [0, 0.05) is 19.6 Å². The molecule has 0 aliphatic carbocycles. The van der Waals surface area contributed by atoms with Crippen molar-refractivity contribution in [2.45, 2.75) is 38.4 Å². The fraction of sp³-hybridized carbons (Fsp3) is 0.308. The molecule has 1 aliphatic heterocycles. The lowest BCUT2D eigenvalue weighted by Gasteiger charge is -2.45. The van der Waals surface area contributed by atoms with Gasteiger partial charge in [-0.25, -0.2) is 0 Å². The summed E-state index contributed by atoms with van der Waals surface area (Å²) < 4.78 is 99.6. The van der Waals surface area contributed by atoms with E-state index >= 15 is 0 Å². The minimum atomic E-state index is -4.40. The monoisotopic (exact) mass is 528 g/mol. The number of ether oxygens (including phenoxy) is 2. The molecule has 0 bridgehead atoms. The summed E-state index contributed by atoms with van der Waals surface area (Å²) in [6.07, 6.45) is -5.47. The molecular weight excluding hydrogens is 505 g/mol. The van der Waals surface area contributed by atoms with E-state index in [0.717, 1.165) is 0 Å². The molecule has 1 atom stereocenters. The van der Waals surface area contributed by atoms with Gasteiger partial charge in [-0.15, -0.1) is 0 Å². The van der Waals surface area contributed by atoms with Crippen LogP contribution in [0.15, 0.2) is 72.8 Å². The molecule has 11 heteroatoms. The lowest BCUT2D eigenvalue weighted by Crippen LogP contribution is -2.44. The van der Waals surface area contributed by atoms with Crippen LogP contribution >= 0.6 is 0 Å². The van der Waals surface area contributed by atoms with Crippen molar-refractivity contribution < 1.29 is 40.2 Å². The maximum absolute atomic E-state index is 13.2. The predicted octanol–water partition coefficient (Wildman–Crippen LogP) is 7.41. The molecule has 0 saturated carbocycles. The normalized spacial score (nSPS) is 15.8. The van der Waals surface area contributed by atoms with Gasteiger partial charge in [0.2, 0.25) is 0 Å². The maximum atomic E-state index is 13.2. The minimum absolute atomic E-state index is 0.0157. The number of anilines is 2. The number of benzene rings is 3. The van der Waals surface area contributed by atoms with E-state index in [4.69, 9.17) is 0 Å². The minimum Gasteiger partial charge on any atom is -0.435 e. The van der Waals surface area contributed by atoms with Crippen molar-refractivity contribution >= 4 is 11.4 Å². The van der Waals surface area contributed by atoms with Gasteiger partial charge in [-0.05, 0) is 47.5 Å². The molecule has 3 aromatic rings. The molecule has 1 aliphatic rings. The molecule has 4 nitrogen and oxygen atoms in total. The van der Waals surface area contributed by atoms with Gasteiger partial charge < -0.3 is 19.3 Å². The van der Waals surface area contributed by atoms with Gasteiger partial charge in [-0.1, -0.05) is 36.4 Å². The zero-order valence-corrected chi connectivity index (χ0v) is 19.3. The molecule has 0 N–H and O–H groups in total. The van der Waals surface area contributed by atoms with Crippen LogP contribution in [0.1, 0.15) is 23.6 Å². The molecular formula is C26H23F7N2O2. The van der Waals surface area contributed by atoms with Crippen LogP contribution in [-0.4, -0.2) is 32.5 Å². The summed E-state index contributed by atoms with van der Waals surface area (Å²) in [5.74, 6) is -0.122. The second-order valence-corrected chi connectivity index (χ2v) is 8.42. The van der Waals surface area contributed by atoms with E-state index < -0.39 is 31.9 Å². The first-order chi connectivity index (χ1) is 17.6. The number of nitrogens with zero attached hydrogens (tertiary/aromatic N) is 2. The van der Waals surface area contributed by atoms with Crippen LogP contribution in [0.5, 0.6) is 11.5 Å². The van der Waals surface area contributed by atoms with Gasteiger partial charge in [-0.3, -0.25) is 0 Å². The van der Waals surface area contributed by atoms with E-state index in [1.807, 2.05) is 4.90 Å². The van der Waals surface area contributed by atoms with Gasteiger partial charge in [0.1, 0.15) is 11.5 Å². The Balaban J connectivity index is 1.71. The number of hydrogen-bond acceptors (Lipinski definition) is 4. The summed E-state index contributed by atoms with van der Waals surface area (Å²) in [6, 6.07) is 18.3. The number of alkyl halides is 7. The van der Waals surface area contributed by atoms with Crippen molar-refractivity contribution in [3.63, 3.8) is 0 Å². The molecule has 198 valence electrons. The maximum Gasteiger partial charge on any atom is 0.390 e. The first-order valence-corrected chi connectivity index (χ1v) is 11.3. The molecule has 3 aromatic carbocycles. The average Bonchev–Trinajstić information content (AvgIpc) is 2.82. The first-order valence-electron chi connectivity index (χ1n) is 11.3. The highest BCUT2D eigenvalue weighted by Crippen LogP contribution is 2.43. The van der Waals surface area contributed by atoms with Crippen LogP contribution in [-0.2, 0) is 6.54 Å². The summed E-state index contributed by atoms with van der Waals surface area (Å²) >= 11 is 0. The molecule has 0 fully saturated rings. The van der Waals surface area contributed by atoms with Crippen LogP contribution in [0.2, 0.25) is 0 Å². The standard InChI is InChI=1S/C26H23F7N2O2/c27-24(28)36-19-7-3-5-17(13-19)15-34-16-23(18-6-4-8-20(14-18)37-25(29)30)35(12-11-26(31,32)33)22-10-2-1-9-21(22)34/h1-10,13-14,23-25H,11-12,15-16H2. The second kappa shape index (κ2) is 11.2. The van der Waals surface area contributed by atoms with E-state index in [1.54, 1.807) is 47.4 Å². The predicted molar refractivity (Wildman–Crippen MR) is 124 cm³/mol. The van der Waals surface area contributed by atoms with Crippen molar-refractivity contribution in [1.29, 1.82) is 0 Å². The molecule has 0 aromatic heterocycles. The molecule has 0 amide bonds. The lowest BCUT2D eigenvalue weighted by atomic mass is 9.98. The largest absolute Gasteiger partial charge is 0.435 e. The fourth-order valence-corrected chi connectivity index (χ4v) is 4.44. The van der Waals surface area contributed by atoms with Gasteiger partial charge in [-0.2, -0.15) is 30.7 Å². The number of fused-ring (bicyclic) bond motifs is 1. The Kier molecular flexibility index (Phi) is 7.99. The highest BCUT2D eigenvalue weighted by atomic mass is 19.4. The van der Waals surface area contributed by atoms with Crippen LogP contribution in [0.4, 0.5) is 42.1 Å². The van der Waals surface area contributed by atoms with Gasteiger partial charge in [0.25, 0.3) is 0 Å². The molecule has 0 spiro atoms. The van der Waals surface area contributed by atoms with E-state index in [1.165, 1.54) is 30.3 Å². The summed E-state index contributed by atoms with van der Waals surface area (Å²) in [5, 5.41) is 0. The zero-order valence-electron chi connectivity index (χ0n) is 19.3. The quantitative estimate of drug-likeness (QED) is 0.270. The van der Waals surface area contributed by atoms with Crippen LogP contribution in [0, 0.1) is 0 Å².